The lowest BCUT2D eigenvalue weighted by Crippen LogP contribution is -2.47. The number of fused-ring (bicyclic) bond motifs is 1. The van der Waals surface area contributed by atoms with E-state index in [1.807, 2.05) is 9.80 Å². The average molecular weight is 393 g/mol. The first-order valence-electron chi connectivity index (χ1n) is 9.54. The van der Waals surface area contributed by atoms with Crippen LogP contribution in [0.15, 0.2) is 17.8 Å². The summed E-state index contributed by atoms with van der Waals surface area (Å²) in [4.78, 5) is 15.3. The van der Waals surface area contributed by atoms with Crippen molar-refractivity contribution in [2.75, 3.05) is 43.7 Å². The molecule has 2 heterocycles. The van der Waals surface area contributed by atoms with Crippen LogP contribution < -0.4 is 19.9 Å². The van der Waals surface area contributed by atoms with Gasteiger partial charge < -0.3 is 25.0 Å². The van der Waals surface area contributed by atoms with Gasteiger partial charge in [0.2, 0.25) is 0 Å². The van der Waals surface area contributed by atoms with Gasteiger partial charge in [-0.2, -0.15) is 0 Å². The minimum absolute atomic E-state index is 0.145. The topological polar surface area (TPSA) is 65.0 Å². The molecule has 1 saturated heterocycles. The van der Waals surface area contributed by atoms with Crippen LogP contribution in [0.1, 0.15) is 24.8 Å². The van der Waals surface area contributed by atoms with Crippen molar-refractivity contribution < 1.29 is 23.4 Å². The van der Waals surface area contributed by atoms with Crippen LogP contribution in [0.3, 0.4) is 0 Å². The van der Waals surface area contributed by atoms with Crippen molar-refractivity contribution in [2.45, 2.75) is 37.3 Å². The molecule has 2 N–H and O–H groups in total. The summed E-state index contributed by atoms with van der Waals surface area (Å²) in [6.07, 6.45) is 4.26. The van der Waals surface area contributed by atoms with Crippen LogP contribution in [0.25, 0.3) is 0 Å². The van der Waals surface area contributed by atoms with Gasteiger partial charge in [0.15, 0.2) is 11.6 Å². The number of carboxylic acids is 1. The summed E-state index contributed by atoms with van der Waals surface area (Å²) < 4.78 is 34.5. The van der Waals surface area contributed by atoms with Gasteiger partial charge in [-0.05, 0) is 37.9 Å². The first kappa shape index (κ1) is 19.0. The van der Waals surface area contributed by atoms with E-state index in [1.165, 1.54) is 13.2 Å². The Morgan fingerprint density at radius 2 is 2.18 bits per heavy atom. The van der Waals surface area contributed by atoms with E-state index >= 15 is 4.39 Å². The van der Waals surface area contributed by atoms with Crippen molar-refractivity contribution in [1.29, 1.82) is 0 Å². The van der Waals surface area contributed by atoms with Crippen LogP contribution in [0.2, 0.25) is 0 Å². The maximum absolute atomic E-state index is 15.2. The van der Waals surface area contributed by atoms with Crippen molar-refractivity contribution in [3.05, 3.63) is 29.2 Å². The molecule has 1 saturated carbocycles. The number of carboxylic acid groups (broad SMARTS) is 1. The highest BCUT2D eigenvalue weighted by Crippen LogP contribution is 2.49. The number of nitrogens with zero attached hydrogens (tertiary/aromatic N) is 2. The Kier molecular flexibility index (Phi) is 4.69. The second-order valence-corrected chi connectivity index (χ2v) is 7.86. The fraction of sp³-hybridized carbons (Fsp3) is 0.550. The SMILES string of the molecule is CNC1(CF)CCN(c2c(F)cc3c(c2OC)N(C2CC2)C=C(C(=O)O)C3)C1. The maximum Gasteiger partial charge on any atom is 0.333 e. The summed E-state index contributed by atoms with van der Waals surface area (Å²) in [5.74, 6) is -1.07. The van der Waals surface area contributed by atoms with E-state index in [0.717, 1.165) is 18.5 Å². The predicted molar refractivity (Wildman–Crippen MR) is 102 cm³/mol. The van der Waals surface area contributed by atoms with Gasteiger partial charge in [0.1, 0.15) is 12.4 Å². The average Bonchev–Trinajstić information content (AvgIpc) is 3.45. The van der Waals surface area contributed by atoms with Crippen LogP contribution >= 0.6 is 0 Å². The van der Waals surface area contributed by atoms with E-state index in [4.69, 9.17) is 4.74 Å². The van der Waals surface area contributed by atoms with Gasteiger partial charge >= 0.3 is 5.97 Å². The van der Waals surface area contributed by atoms with Gasteiger partial charge in [-0.15, -0.1) is 0 Å². The molecule has 0 spiro atoms. The predicted octanol–water partition coefficient (Wildman–Crippen LogP) is 2.47. The Morgan fingerprint density at radius 1 is 1.43 bits per heavy atom. The zero-order chi connectivity index (χ0) is 20.1. The number of aliphatic carboxylic acids is 1. The molecule has 1 aromatic carbocycles. The first-order chi connectivity index (χ1) is 13.4. The van der Waals surface area contributed by atoms with Crippen molar-refractivity contribution in [2.24, 2.45) is 0 Å². The third-order valence-corrected chi connectivity index (χ3v) is 6.07. The third kappa shape index (κ3) is 2.99. The lowest BCUT2D eigenvalue weighted by molar-refractivity contribution is -0.132. The quantitative estimate of drug-likeness (QED) is 0.774. The maximum atomic E-state index is 15.2. The van der Waals surface area contributed by atoms with Crippen molar-refractivity contribution in [3.63, 3.8) is 0 Å². The molecule has 2 fully saturated rings. The van der Waals surface area contributed by atoms with E-state index in [1.54, 1.807) is 13.2 Å². The standard InChI is InChI=1S/C20H25F2N3O3/c1-23-20(10-21)5-6-24(11-20)17-15(22)8-12-7-13(19(26)27)9-25(14-3-4-14)16(12)18(17)28-2/h8-9,14,23H,3-7,10-11H2,1-2H3,(H,26,27). The van der Waals surface area contributed by atoms with Gasteiger partial charge in [0.05, 0.1) is 23.9 Å². The molecule has 0 aromatic heterocycles. The zero-order valence-corrected chi connectivity index (χ0v) is 16.1. The highest BCUT2D eigenvalue weighted by Gasteiger charge is 2.41. The summed E-state index contributed by atoms with van der Waals surface area (Å²) in [7, 11) is 3.22. The van der Waals surface area contributed by atoms with E-state index in [0.29, 0.717) is 36.5 Å². The van der Waals surface area contributed by atoms with Crippen LogP contribution in [0, 0.1) is 5.82 Å². The lowest BCUT2D eigenvalue weighted by Gasteiger charge is -2.33. The summed E-state index contributed by atoms with van der Waals surface area (Å²) in [6.45, 7) is 0.315. The second-order valence-electron chi connectivity index (χ2n) is 7.86. The number of halogens is 2. The molecule has 4 rings (SSSR count). The summed E-state index contributed by atoms with van der Waals surface area (Å²) in [5, 5.41) is 12.5. The smallest absolute Gasteiger partial charge is 0.333 e. The minimum atomic E-state index is -0.999. The fourth-order valence-electron chi connectivity index (χ4n) is 4.26. The van der Waals surface area contributed by atoms with E-state index in [9.17, 15) is 14.3 Å². The number of anilines is 2. The number of nitrogens with one attached hydrogen (secondary N) is 1. The molecule has 6 nitrogen and oxygen atoms in total. The summed E-state index contributed by atoms with van der Waals surface area (Å²) in [6, 6.07) is 1.61. The molecular formula is C20H25F2N3O3. The van der Waals surface area contributed by atoms with Gasteiger partial charge in [0, 0.05) is 31.8 Å². The molecule has 1 aliphatic carbocycles. The van der Waals surface area contributed by atoms with E-state index < -0.39 is 24.0 Å². The monoisotopic (exact) mass is 393 g/mol. The largest absolute Gasteiger partial charge is 0.492 e. The Balaban J connectivity index is 1.80. The van der Waals surface area contributed by atoms with Gasteiger partial charge in [0.25, 0.3) is 0 Å². The fourth-order valence-corrected chi connectivity index (χ4v) is 4.26. The molecular weight excluding hydrogens is 368 g/mol. The van der Waals surface area contributed by atoms with E-state index in [2.05, 4.69) is 5.32 Å². The molecule has 28 heavy (non-hydrogen) atoms. The van der Waals surface area contributed by atoms with Gasteiger partial charge in [-0.1, -0.05) is 0 Å². The van der Waals surface area contributed by atoms with Gasteiger partial charge in [-0.25, -0.2) is 13.6 Å². The summed E-state index contributed by atoms with van der Waals surface area (Å²) in [5.41, 5.74) is 1.20. The van der Waals surface area contributed by atoms with Crippen LogP contribution in [-0.2, 0) is 11.2 Å². The zero-order valence-electron chi connectivity index (χ0n) is 16.1. The van der Waals surface area contributed by atoms with Crippen LogP contribution in [0.4, 0.5) is 20.2 Å². The number of rotatable bonds is 6. The Hall–Kier alpha value is -2.35. The number of hydrogen-bond acceptors (Lipinski definition) is 5. The number of alkyl halides is 1. The number of benzene rings is 1. The van der Waals surface area contributed by atoms with Crippen molar-refractivity contribution >= 4 is 17.3 Å². The number of hydrogen-bond donors (Lipinski definition) is 2. The Labute approximate surface area is 162 Å². The molecule has 1 unspecified atom stereocenters. The number of methoxy groups -OCH3 is 1. The van der Waals surface area contributed by atoms with Crippen molar-refractivity contribution in [1.82, 2.24) is 5.32 Å². The molecule has 2 aliphatic heterocycles. The highest BCUT2D eigenvalue weighted by molar-refractivity contribution is 5.91. The number of likely N-dealkylation sites (N-methyl/N-ethyl adjacent to an activating group) is 1. The van der Waals surface area contributed by atoms with Crippen LogP contribution in [-0.4, -0.2) is 56.6 Å². The highest BCUT2D eigenvalue weighted by atomic mass is 19.1. The van der Waals surface area contributed by atoms with Crippen LogP contribution in [0.5, 0.6) is 5.75 Å². The minimum Gasteiger partial charge on any atom is -0.492 e. The first-order valence-corrected chi connectivity index (χ1v) is 9.54. The normalized spacial score (nSPS) is 24.2. The molecule has 8 heteroatoms. The molecule has 1 aromatic rings. The Bertz CT molecular complexity index is 834. The number of carbonyl (C=O) groups is 1. The molecule has 0 amide bonds. The molecule has 152 valence electrons. The lowest BCUT2D eigenvalue weighted by atomic mass is 9.97. The van der Waals surface area contributed by atoms with Gasteiger partial charge in [-0.3, -0.25) is 0 Å². The molecule has 0 radical (unpaired) electrons. The molecule has 0 bridgehead atoms. The Morgan fingerprint density at radius 3 is 2.71 bits per heavy atom. The molecule has 3 aliphatic rings. The third-order valence-electron chi connectivity index (χ3n) is 6.07. The second kappa shape index (κ2) is 6.92. The summed E-state index contributed by atoms with van der Waals surface area (Å²) >= 11 is 0. The van der Waals surface area contributed by atoms with E-state index in [-0.39, 0.29) is 18.0 Å². The van der Waals surface area contributed by atoms with Crippen molar-refractivity contribution in [3.8, 4) is 5.75 Å². The number of ether oxygens (including phenoxy) is 1. The molecule has 1 atom stereocenters.